The number of aromatic nitrogens is 4. The quantitative estimate of drug-likeness (QED) is 0.520. The summed E-state index contributed by atoms with van der Waals surface area (Å²) in [4.78, 5) is 14.6. The molecule has 9 heteroatoms. The third-order valence-electron chi connectivity index (χ3n) is 4.71. The van der Waals surface area contributed by atoms with Gasteiger partial charge in [0, 0.05) is 19.2 Å². The molecule has 0 bridgehead atoms. The van der Waals surface area contributed by atoms with Crippen molar-refractivity contribution in [3.8, 4) is 17.2 Å². The Kier molecular flexibility index (Phi) is 7.07. The molecule has 3 aromatic rings. The average Bonchev–Trinajstić information content (AvgIpc) is 3.26. The van der Waals surface area contributed by atoms with E-state index in [1.165, 1.54) is 0 Å². The maximum Gasteiger partial charge on any atom is 0.254 e. The number of tetrazole rings is 1. The Morgan fingerprint density at radius 1 is 1.10 bits per heavy atom. The molecule has 0 radical (unpaired) electrons. The summed E-state index contributed by atoms with van der Waals surface area (Å²) in [6.45, 7) is 4.62. The van der Waals surface area contributed by atoms with Crippen LogP contribution in [0.5, 0.6) is 17.2 Å². The molecule has 0 spiro atoms. The molecule has 0 aliphatic heterocycles. The van der Waals surface area contributed by atoms with Crippen LogP contribution in [0.1, 0.15) is 41.6 Å². The van der Waals surface area contributed by atoms with Gasteiger partial charge in [-0.25, -0.2) is 4.68 Å². The van der Waals surface area contributed by atoms with E-state index in [-0.39, 0.29) is 18.6 Å². The lowest BCUT2D eigenvalue weighted by molar-refractivity contribution is 0.0784. The van der Waals surface area contributed by atoms with E-state index in [4.69, 9.17) is 14.2 Å². The van der Waals surface area contributed by atoms with Gasteiger partial charge in [0.25, 0.3) is 5.91 Å². The summed E-state index contributed by atoms with van der Waals surface area (Å²) in [5.74, 6) is 2.35. The van der Waals surface area contributed by atoms with Gasteiger partial charge in [0.05, 0.1) is 20.3 Å². The predicted octanol–water partition coefficient (Wildman–Crippen LogP) is 3.12. The van der Waals surface area contributed by atoms with Gasteiger partial charge in [0.1, 0.15) is 12.4 Å². The van der Waals surface area contributed by atoms with Crippen LogP contribution in [0.2, 0.25) is 0 Å². The van der Waals surface area contributed by atoms with Gasteiger partial charge in [-0.2, -0.15) is 0 Å². The third-order valence-corrected chi connectivity index (χ3v) is 4.71. The summed E-state index contributed by atoms with van der Waals surface area (Å²) < 4.78 is 18.1. The zero-order valence-corrected chi connectivity index (χ0v) is 18.4. The summed E-state index contributed by atoms with van der Waals surface area (Å²) >= 11 is 0. The highest BCUT2D eigenvalue weighted by Gasteiger charge is 2.15. The number of nitrogens with zero attached hydrogens (tertiary/aromatic N) is 5. The van der Waals surface area contributed by atoms with Crippen molar-refractivity contribution in [3.63, 3.8) is 0 Å². The van der Waals surface area contributed by atoms with E-state index in [9.17, 15) is 4.79 Å². The Labute approximate surface area is 181 Å². The number of ether oxygens (including phenoxy) is 3. The van der Waals surface area contributed by atoms with Crippen LogP contribution < -0.4 is 14.2 Å². The van der Waals surface area contributed by atoms with Crippen LogP contribution >= 0.6 is 0 Å². The molecule has 3 rings (SSSR count). The highest BCUT2D eigenvalue weighted by atomic mass is 16.5. The van der Waals surface area contributed by atoms with E-state index in [2.05, 4.69) is 15.5 Å². The van der Waals surface area contributed by atoms with Crippen molar-refractivity contribution in [1.82, 2.24) is 25.1 Å². The molecule has 31 heavy (non-hydrogen) atoms. The first-order valence-electron chi connectivity index (χ1n) is 9.89. The number of amides is 1. The van der Waals surface area contributed by atoms with Crippen molar-refractivity contribution in [1.29, 1.82) is 0 Å². The van der Waals surface area contributed by atoms with Gasteiger partial charge in [0.15, 0.2) is 17.3 Å². The minimum atomic E-state index is -0.118. The van der Waals surface area contributed by atoms with Crippen LogP contribution in [0.25, 0.3) is 0 Å². The van der Waals surface area contributed by atoms with E-state index in [0.29, 0.717) is 35.2 Å². The summed E-state index contributed by atoms with van der Waals surface area (Å²) in [7, 11) is 4.93. The molecule has 164 valence electrons. The molecular formula is C22H27N5O4. The average molecular weight is 425 g/mol. The molecule has 0 atom stereocenters. The lowest BCUT2D eigenvalue weighted by atomic mass is 10.1. The largest absolute Gasteiger partial charge is 0.493 e. The third kappa shape index (κ3) is 5.30. The normalized spacial score (nSPS) is 10.8. The SMILES string of the molecule is COc1ccc(CN(C)C(=O)c2cccc(OCc3nnnn3C(C)C)c2)cc1OC. The van der Waals surface area contributed by atoms with Crippen LogP contribution in [0.4, 0.5) is 0 Å². The van der Waals surface area contributed by atoms with Gasteiger partial charge in [-0.05, 0) is 60.2 Å². The Hall–Kier alpha value is -3.62. The number of methoxy groups -OCH3 is 2. The second-order valence-electron chi connectivity index (χ2n) is 7.30. The van der Waals surface area contributed by atoms with Crippen LogP contribution in [0.3, 0.4) is 0 Å². The maximum atomic E-state index is 12.9. The molecule has 1 amide bonds. The van der Waals surface area contributed by atoms with Crippen molar-refractivity contribution in [2.45, 2.75) is 33.0 Å². The Morgan fingerprint density at radius 2 is 1.87 bits per heavy atom. The fourth-order valence-electron chi connectivity index (χ4n) is 3.12. The van der Waals surface area contributed by atoms with Crippen LogP contribution in [-0.2, 0) is 13.2 Å². The summed E-state index contributed by atoms with van der Waals surface area (Å²) in [5.41, 5.74) is 1.46. The van der Waals surface area contributed by atoms with E-state index in [1.54, 1.807) is 55.1 Å². The number of rotatable bonds is 9. The number of carbonyl (C=O) groups excluding carboxylic acids is 1. The number of hydrogen-bond acceptors (Lipinski definition) is 7. The first-order chi connectivity index (χ1) is 14.9. The Balaban J connectivity index is 1.67. The van der Waals surface area contributed by atoms with E-state index < -0.39 is 0 Å². The molecule has 9 nitrogen and oxygen atoms in total. The fourth-order valence-corrected chi connectivity index (χ4v) is 3.12. The van der Waals surface area contributed by atoms with Crippen LogP contribution in [0.15, 0.2) is 42.5 Å². The minimum Gasteiger partial charge on any atom is -0.493 e. The zero-order valence-electron chi connectivity index (χ0n) is 18.4. The van der Waals surface area contributed by atoms with Crippen LogP contribution in [-0.4, -0.2) is 52.3 Å². The molecule has 1 heterocycles. The molecule has 2 aromatic carbocycles. The highest BCUT2D eigenvalue weighted by molar-refractivity contribution is 5.94. The second kappa shape index (κ2) is 9.92. The summed E-state index contributed by atoms with van der Waals surface area (Å²) in [6, 6.07) is 12.8. The Morgan fingerprint density at radius 3 is 2.58 bits per heavy atom. The van der Waals surface area contributed by atoms with Crippen molar-refractivity contribution in [2.75, 3.05) is 21.3 Å². The zero-order chi connectivity index (χ0) is 22.4. The van der Waals surface area contributed by atoms with Crippen molar-refractivity contribution in [3.05, 3.63) is 59.4 Å². The lowest BCUT2D eigenvalue weighted by Gasteiger charge is -2.19. The molecule has 0 aliphatic rings. The van der Waals surface area contributed by atoms with E-state index in [1.807, 2.05) is 32.0 Å². The molecule has 0 unspecified atom stereocenters. The van der Waals surface area contributed by atoms with Gasteiger partial charge in [-0.3, -0.25) is 4.79 Å². The second-order valence-corrected chi connectivity index (χ2v) is 7.30. The molecule has 0 fully saturated rings. The molecule has 0 saturated heterocycles. The lowest BCUT2D eigenvalue weighted by Crippen LogP contribution is -2.26. The predicted molar refractivity (Wildman–Crippen MR) is 114 cm³/mol. The molecule has 0 saturated carbocycles. The monoisotopic (exact) mass is 425 g/mol. The number of benzene rings is 2. The van der Waals surface area contributed by atoms with Gasteiger partial charge >= 0.3 is 0 Å². The number of hydrogen-bond donors (Lipinski definition) is 0. The van der Waals surface area contributed by atoms with E-state index in [0.717, 1.165) is 5.56 Å². The topological polar surface area (TPSA) is 91.6 Å². The maximum absolute atomic E-state index is 12.9. The summed E-state index contributed by atoms with van der Waals surface area (Å²) in [6.07, 6.45) is 0. The first-order valence-corrected chi connectivity index (χ1v) is 9.89. The van der Waals surface area contributed by atoms with Gasteiger partial charge in [0.2, 0.25) is 0 Å². The first kappa shape index (κ1) is 22.1. The fraction of sp³-hybridized carbons (Fsp3) is 0.364. The van der Waals surface area contributed by atoms with Crippen molar-refractivity contribution >= 4 is 5.91 Å². The highest BCUT2D eigenvalue weighted by Crippen LogP contribution is 2.28. The number of carbonyl (C=O) groups is 1. The van der Waals surface area contributed by atoms with Gasteiger partial charge in [-0.1, -0.05) is 12.1 Å². The van der Waals surface area contributed by atoms with Crippen LogP contribution in [0, 0.1) is 0 Å². The van der Waals surface area contributed by atoms with Gasteiger partial charge in [-0.15, -0.1) is 5.10 Å². The standard InChI is InChI=1S/C22H27N5O4/c1-15(2)27-21(23-24-25-27)14-31-18-8-6-7-17(12-18)22(28)26(3)13-16-9-10-19(29-4)20(11-16)30-5/h6-12,15H,13-14H2,1-5H3. The van der Waals surface area contributed by atoms with Crippen molar-refractivity contribution < 1.29 is 19.0 Å². The van der Waals surface area contributed by atoms with Crippen molar-refractivity contribution in [2.24, 2.45) is 0 Å². The van der Waals surface area contributed by atoms with E-state index >= 15 is 0 Å². The molecule has 0 N–H and O–H groups in total. The summed E-state index contributed by atoms with van der Waals surface area (Å²) in [5, 5.41) is 11.6. The molecular weight excluding hydrogens is 398 g/mol. The van der Waals surface area contributed by atoms with Gasteiger partial charge < -0.3 is 19.1 Å². The smallest absolute Gasteiger partial charge is 0.254 e. The Bertz CT molecular complexity index is 1030. The molecule has 1 aromatic heterocycles. The minimum absolute atomic E-state index is 0.118. The molecule has 0 aliphatic carbocycles.